The Balaban J connectivity index is 2.99. The van der Waals surface area contributed by atoms with E-state index in [9.17, 15) is 4.79 Å². The largest absolute Gasteiger partial charge is 0.490 e. The van der Waals surface area contributed by atoms with E-state index in [1.165, 1.54) is 7.11 Å². The summed E-state index contributed by atoms with van der Waals surface area (Å²) in [5.74, 6) is 0.631. The Morgan fingerprint density at radius 1 is 1.40 bits per heavy atom. The van der Waals surface area contributed by atoms with Crippen LogP contribution in [-0.2, 0) is 16.0 Å². The highest BCUT2D eigenvalue weighted by molar-refractivity contribution is 9.10. The lowest BCUT2D eigenvalue weighted by atomic mass is 10.1. The average Bonchev–Trinajstić information content (AvgIpc) is 2.37. The van der Waals surface area contributed by atoms with Crippen molar-refractivity contribution in [2.24, 2.45) is 5.73 Å². The van der Waals surface area contributed by atoms with Crippen molar-refractivity contribution in [2.75, 3.05) is 20.3 Å². The van der Waals surface area contributed by atoms with Gasteiger partial charge in [-0.15, -0.1) is 0 Å². The van der Waals surface area contributed by atoms with E-state index in [1.807, 2.05) is 26.0 Å². The van der Waals surface area contributed by atoms with E-state index in [4.69, 9.17) is 15.2 Å². The highest BCUT2D eigenvalue weighted by atomic mass is 79.9. The number of carbonyl (C=O) groups excluding carboxylic acids is 1. The van der Waals surface area contributed by atoms with Gasteiger partial charge in [0.15, 0.2) is 18.1 Å². The molecular weight excluding hydrogens is 326 g/mol. The van der Waals surface area contributed by atoms with Gasteiger partial charge < -0.3 is 19.9 Å². The van der Waals surface area contributed by atoms with Crippen molar-refractivity contribution in [1.82, 2.24) is 0 Å². The molecule has 0 fully saturated rings. The van der Waals surface area contributed by atoms with E-state index in [0.717, 1.165) is 16.5 Å². The van der Waals surface area contributed by atoms with Crippen molar-refractivity contribution < 1.29 is 19.0 Å². The van der Waals surface area contributed by atoms with Crippen LogP contribution in [0.1, 0.15) is 19.4 Å². The number of nitrogens with two attached hydrogens (primary N) is 1. The molecule has 1 aromatic carbocycles. The second-order valence-corrected chi connectivity index (χ2v) is 5.24. The first-order valence-corrected chi connectivity index (χ1v) is 7.17. The third-order valence-electron chi connectivity index (χ3n) is 2.49. The van der Waals surface area contributed by atoms with Crippen molar-refractivity contribution in [2.45, 2.75) is 26.3 Å². The van der Waals surface area contributed by atoms with Crippen LogP contribution < -0.4 is 15.2 Å². The molecule has 0 aliphatic rings. The van der Waals surface area contributed by atoms with Crippen LogP contribution in [0.2, 0.25) is 0 Å². The Hall–Kier alpha value is -1.27. The minimum atomic E-state index is -0.445. The smallest absolute Gasteiger partial charge is 0.343 e. The molecule has 20 heavy (non-hydrogen) atoms. The monoisotopic (exact) mass is 345 g/mol. The first-order chi connectivity index (χ1) is 9.47. The second kappa shape index (κ2) is 8.11. The number of carbonyl (C=O) groups is 1. The van der Waals surface area contributed by atoms with E-state index in [1.54, 1.807) is 0 Å². The number of rotatable bonds is 7. The Morgan fingerprint density at radius 2 is 2.10 bits per heavy atom. The van der Waals surface area contributed by atoms with Gasteiger partial charge in [0.25, 0.3) is 0 Å². The molecule has 0 aromatic heterocycles. The maximum atomic E-state index is 11.2. The standard InChI is InChI=1S/C14H20BrNO4/c1-4-19-12-7-10(5-9(2)16)6-11(15)14(12)20-8-13(17)18-3/h6-7,9H,4-5,8,16H2,1-3H3. The predicted octanol–water partition coefficient (Wildman–Crippen LogP) is 2.29. The summed E-state index contributed by atoms with van der Waals surface area (Å²) < 4.78 is 16.3. The SMILES string of the molecule is CCOc1cc(CC(C)N)cc(Br)c1OCC(=O)OC. The Labute approximate surface area is 127 Å². The first kappa shape index (κ1) is 16.8. The van der Waals surface area contributed by atoms with Gasteiger partial charge in [-0.1, -0.05) is 0 Å². The van der Waals surface area contributed by atoms with Gasteiger partial charge in [-0.3, -0.25) is 0 Å². The molecule has 1 rings (SSSR count). The third kappa shape index (κ3) is 5.02. The highest BCUT2D eigenvalue weighted by Gasteiger charge is 2.14. The van der Waals surface area contributed by atoms with Crippen LogP contribution in [-0.4, -0.2) is 32.3 Å². The molecule has 0 heterocycles. The van der Waals surface area contributed by atoms with Crippen LogP contribution in [0.5, 0.6) is 11.5 Å². The molecule has 6 heteroatoms. The minimum Gasteiger partial charge on any atom is -0.490 e. The molecule has 1 aromatic rings. The number of hydrogen-bond donors (Lipinski definition) is 1. The molecule has 0 bridgehead atoms. The number of hydrogen-bond acceptors (Lipinski definition) is 5. The average molecular weight is 346 g/mol. The second-order valence-electron chi connectivity index (χ2n) is 4.38. The van der Waals surface area contributed by atoms with Crippen molar-refractivity contribution >= 4 is 21.9 Å². The Bertz CT molecular complexity index is 463. The molecule has 0 saturated carbocycles. The van der Waals surface area contributed by atoms with Crippen LogP contribution >= 0.6 is 15.9 Å². The van der Waals surface area contributed by atoms with E-state index < -0.39 is 5.97 Å². The molecule has 0 amide bonds. The molecule has 0 spiro atoms. The van der Waals surface area contributed by atoms with Gasteiger partial charge in [-0.2, -0.15) is 0 Å². The van der Waals surface area contributed by atoms with Crippen molar-refractivity contribution in [1.29, 1.82) is 0 Å². The zero-order chi connectivity index (χ0) is 15.1. The van der Waals surface area contributed by atoms with Crippen LogP contribution in [0, 0.1) is 0 Å². The quantitative estimate of drug-likeness (QED) is 0.767. The summed E-state index contributed by atoms with van der Waals surface area (Å²) in [7, 11) is 1.32. The zero-order valence-electron chi connectivity index (χ0n) is 11.9. The van der Waals surface area contributed by atoms with Gasteiger partial charge in [0, 0.05) is 6.04 Å². The number of benzene rings is 1. The maximum Gasteiger partial charge on any atom is 0.343 e. The molecular formula is C14H20BrNO4. The van der Waals surface area contributed by atoms with Crippen molar-refractivity contribution in [3.8, 4) is 11.5 Å². The van der Waals surface area contributed by atoms with Crippen molar-refractivity contribution in [3.63, 3.8) is 0 Å². The molecule has 1 unspecified atom stereocenters. The zero-order valence-corrected chi connectivity index (χ0v) is 13.5. The lowest BCUT2D eigenvalue weighted by molar-refractivity contribution is -0.142. The Morgan fingerprint density at radius 3 is 2.65 bits per heavy atom. The first-order valence-electron chi connectivity index (χ1n) is 6.38. The summed E-state index contributed by atoms with van der Waals surface area (Å²) in [4.78, 5) is 11.2. The highest BCUT2D eigenvalue weighted by Crippen LogP contribution is 2.37. The fourth-order valence-corrected chi connectivity index (χ4v) is 2.31. The number of ether oxygens (including phenoxy) is 3. The predicted molar refractivity (Wildman–Crippen MR) is 80.2 cm³/mol. The minimum absolute atomic E-state index is 0.0539. The van der Waals surface area contributed by atoms with Crippen molar-refractivity contribution in [3.05, 3.63) is 22.2 Å². The number of halogens is 1. The number of esters is 1. The lowest BCUT2D eigenvalue weighted by Crippen LogP contribution is -2.18. The normalized spacial score (nSPS) is 11.8. The molecule has 0 aliphatic carbocycles. The fourth-order valence-electron chi connectivity index (χ4n) is 1.70. The van der Waals surface area contributed by atoms with Gasteiger partial charge in [0.1, 0.15) is 0 Å². The van der Waals surface area contributed by atoms with E-state index in [2.05, 4.69) is 20.7 Å². The molecule has 0 saturated heterocycles. The van der Waals surface area contributed by atoms with Crippen LogP contribution in [0.3, 0.4) is 0 Å². The Kier molecular flexibility index (Phi) is 6.81. The van der Waals surface area contributed by atoms with Gasteiger partial charge in [-0.05, 0) is 53.9 Å². The molecule has 2 N–H and O–H groups in total. The van der Waals surface area contributed by atoms with Gasteiger partial charge in [0.2, 0.25) is 0 Å². The van der Waals surface area contributed by atoms with E-state index in [0.29, 0.717) is 18.1 Å². The van der Waals surface area contributed by atoms with Crippen LogP contribution in [0.25, 0.3) is 0 Å². The number of methoxy groups -OCH3 is 1. The van der Waals surface area contributed by atoms with Gasteiger partial charge in [0.05, 0.1) is 18.2 Å². The summed E-state index contributed by atoms with van der Waals surface area (Å²) in [5, 5.41) is 0. The van der Waals surface area contributed by atoms with Crippen LogP contribution in [0.4, 0.5) is 0 Å². The topological polar surface area (TPSA) is 70.8 Å². The molecule has 0 aliphatic heterocycles. The van der Waals surface area contributed by atoms with Gasteiger partial charge >= 0.3 is 5.97 Å². The summed E-state index contributed by atoms with van der Waals surface area (Å²) in [6, 6.07) is 3.85. The summed E-state index contributed by atoms with van der Waals surface area (Å²) >= 11 is 3.43. The molecule has 112 valence electrons. The molecule has 0 radical (unpaired) electrons. The summed E-state index contributed by atoms with van der Waals surface area (Å²) in [5.41, 5.74) is 6.85. The lowest BCUT2D eigenvalue weighted by Gasteiger charge is -2.15. The summed E-state index contributed by atoms with van der Waals surface area (Å²) in [6.07, 6.45) is 0.732. The van der Waals surface area contributed by atoms with E-state index >= 15 is 0 Å². The summed E-state index contributed by atoms with van der Waals surface area (Å²) in [6.45, 7) is 4.16. The van der Waals surface area contributed by atoms with E-state index in [-0.39, 0.29) is 12.6 Å². The molecule has 1 atom stereocenters. The molecule has 5 nitrogen and oxygen atoms in total. The van der Waals surface area contributed by atoms with Gasteiger partial charge in [-0.25, -0.2) is 4.79 Å². The van der Waals surface area contributed by atoms with Crippen LogP contribution in [0.15, 0.2) is 16.6 Å². The fraction of sp³-hybridized carbons (Fsp3) is 0.500. The maximum absolute atomic E-state index is 11.2. The third-order valence-corrected chi connectivity index (χ3v) is 3.08.